The van der Waals surface area contributed by atoms with Crippen LogP contribution in [0.5, 0.6) is 5.75 Å². The van der Waals surface area contributed by atoms with Crippen molar-refractivity contribution in [2.75, 3.05) is 42.5 Å². The fourth-order valence-electron chi connectivity index (χ4n) is 5.44. The van der Waals surface area contributed by atoms with E-state index in [1.165, 1.54) is 0 Å². The maximum Gasteiger partial charge on any atom is 0.492 e. The third-order valence-electron chi connectivity index (χ3n) is 7.55. The van der Waals surface area contributed by atoms with Crippen molar-refractivity contribution in [2.45, 2.75) is 37.6 Å². The molecule has 0 saturated carbocycles. The average molecular weight is 593 g/mol. The highest BCUT2D eigenvalue weighted by Crippen LogP contribution is 2.36. The molecule has 226 valence electrons. The van der Waals surface area contributed by atoms with Crippen LogP contribution in [0.1, 0.15) is 24.0 Å². The van der Waals surface area contributed by atoms with E-state index < -0.39 is 11.8 Å². The summed E-state index contributed by atoms with van der Waals surface area (Å²) in [5.74, 6) is -4.92. The molecule has 0 aliphatic carbocycles. The molecule has 3 heterocycles. The van der Waals surface area contributed by atoms with Gasteiger partial charge in [-0.05, 0) is 73.3 Å². The van der Waals surface area contributed by atoms with Crippen LogP contribution in [0, 0.1) is 0 Å². The van der Waals surface area contributed by atoms with Crippen molar-refractivity contribution in [3.63, 3.8) is 0 Å². The van der Waals surface area contributed by atoms with Crippen molar-refractivity contribution >= 4 is 36.9 Å². The van der Waals surface area contributed by atoms with E-state index in [2.05, 4.69) is 20.9 Å². The first-order chi connectivity index (χ1) is 20.8. The van der Waals surface area contributed by atoms with Crippen molar-refractivity contribution in [1.29, 1.82) is 0 Å². The van der Waals surface area contributed by atoms with Gasteiger partial charge in [-0.1, -0.05) is 18.2 Å². The number of hydrogen-bond acceptors (Lipinski definition) is 14. The van der Waals surface area contributed by atoms with E-state index in [9.17, 15) is 19.5 Å². The number of nitrogens with two attached hydrogens (primary N) is 2. The van der Waals surface area contributed by atoms with Crippen LogP contribution in [-0.4, -0.2) is 77.3 Å². The number of hydrogen-bond donors (Lipinski definition) is 3. The molecule has 1 saturated heterocycles. The maximum atomic E-state index is 11.5. The van der Waals surface area contributed by atoms with Gasteiger partial charge in [0.2, 0.25) is 5.95 Å². The Hall–Kier alpha value is -4.95. The number of fused-ring (bicyclic) bond motifs is 1. The van der Waals surface area contributed by atoms with Crippen molar-refractivity contribution in [1.82, 2.24) is 14.9 Å². The summed E-state index contributed by atoms with van der Waals surface area (Å²) in [6, 6.07) is 12.7. The number of nitrogen functional groups attached to an aromatic ring is 2. The second-order valence-electron chi connectivity index (χ2n) is 10.2. The first-order valence-corrected chi connectivity index (χ1v) is 13.6. The predicted octanol–water partition coefficient (Wildman–Crippen LogP) is 1.21. The summed E-state index contributed by atoms with van der Waals surface area (Å²) < 4.78 is 20.7. The molecule has 43 heavy (non-hydrogen) atoms. The van der Waals surface area contributed by atoms with Crippen LogP contribution < -0.4 is 21.1 Å². The van der Waals surface area contributed by atoms with E-state index in [-0.39, 0.29) is 37.7 Å². The van der Waals surface area contributed by atoms with E-state index in [4.69, 9.17) is 30.4 Å². The number of carbonyl (C=O) groups is 3. The maximum absolute atomic E-state index is 11.5. The zero-order valence-electron chi connectivity index (χ0n) is 23.3. The van der Waals surface area contributed by atoms with Crippen LogP contribution in [0.3, 0.4) is 0 Å². The monoisotopic (exact) mass is 592 g/mol. The molecule has 1 fully saturated rings. The molecule has 1 atom stereocenters. The minimum atomic E-state index is -2.81. The number of aromatic nitrogens is 2. The number of nitrogens with zero attached hydrogens (tertiary/aromatic N) is 4. The molecule has 0 spiro atoms. The Morgan fingerprint density at radius 2 is 1.58 bits per heavy atom. The first-order valence-electron chi connectivity index (χ1n) is 13.6. The largest absolute Gasteiger partial charge is 0.492 e. The van der Waals surface area contributed by atoms with Gasteiger partial charge in [-0.25, -0.2) is 4.98 Å². The fourth-order valence-corrected chi connectivity index (χ4v) is 5.44. The molecule has 0 amide bonds. The molecule has 14 nitrogen and oxygen atoms in total. The van der Waals surface area contributed by atoms with Gasteiger partial charge < -0.3 is 40.4 Å². The average Bonchev–Trinajstić information content (AvgIpc) is 3.65. The van der Waals surface area contributed by atoms with Gasteiger partial charge >= 0.3 is 11.8 Å². The smallest absolute Gasteiger partial charge is 0.422 e. The zero-order chi connectivity index (χ0) is 30.5. The van der Waals surface area contributed by atoms with Crippen molar-refractivity contribution < 1.29 is 38.4 Å². The van der Waals surface area contributed by atoms with Gasteiger partial charge in [-0.3, -0.25) is 19.3 Å². The van der Waals surface area contributed by atoms with Gasteiger partial charge in [0.1, 0.15) is 11.6 Å². The molecule has 2 aliphatic rings. The summed E-state index contributed by atoms with van der Waals surface area (Å²) in [5, 5.41) is 11.4. The Morgan fingerprint density at radius 3 is 2.23 bits per heavy atom. The van der Waals surface area contributed by atoms with Gasteiger partial charge in [0, 0.05) is 30.5 Å². The molecule has 2 aromatic carbocycles. The molecule has 1 aromatic heterocycles. The first kappa shape index (κ1) is 29.5. The molecular weight excluding hydrogens is 560 g/mol. The summed E-state index contributed by atoms with van der Waals surface area (Å²) >= 11 is 0. The summed E-state index contributed by atoms with van der Waals surface area (Å²) in [6.07, 6.45) is 4.17. The summed E-state index contributed by atoms with van der Waals surface area (Å²) in [6.45, 7) is 2.01. The highest BCUT2D eigenvalue weighted by Gasteiger charge is 2.63. The van der Waals surface area contributed by atoms with Crippen LogP contribution >= 0.6 is 0 Å². The molecule has 2 aliphatic heterocycles. The number of anilines is 3. The van der Waals surface area contributed by atoms with Crippen LogP contribution in [-0.2, 0) is 41.6 Å². The number of aliphatic hydroxyl groups is 1. The highest BCUT2D eigenvalue weighted by molar-refractivity contribution is 5.71. The van der Waals surface area contributed by atoms with Crippen LogP contribution in [0.15, 0.2) is 48.7 Å². The minimum Gasteiger partial charge on any atom is -0.422 e. The predicted molar refractivity (Wildman–Crippen MR) is 153 cm³/mol. The van der Waals surface area contributed by atoms with Gasteiger partial charge in [-0.2, -0.15) is 4.98 Å². The second-order valence-corrected chi connectivity index (χ2v) is 10.2. The fraction of sp³-hybridized carbons (Fsp3) is 0.345. The van der Waals surface area contributed by atoms with E-state index in [1.54, 1.807) is 35.4 Å². The lowest BCUT2D eigenvalue weighted by Crippen LogP contribution is -2.66. The Morgan fingerprint density at radius 1 is 0.907 bits per heavy atom. The standard InChI is InChI=1S/C29H32N6O8/c30-26-23(14-32-27(31)33-26)15-35-12-9-22-13-21(5-8-25(22)35)20-3-6-24(7-4-20)43-29(41-18-37,42-19-38)28(39,40-17-36)16-34-10-1-2-11-34/h3-8,13-14,17-19,39H,1-2,9-12,15-16H2,(H4,30,31,32,33). The topological polar surface area (TPSA) is 193 Å². The van der Waals surface area contributed by atoms with E-state index >= 15 is 0 Å². The molecular formula is C29H32N6O8. The van der Waals surface area contributed by atoms with Gasteiger partial charge in [0.15, 0.2) is 0 Å². The Labute approximate surface area is 247 Å². The molecule has 1 unspecified atom stereocenters. The molecule has 0 bridgehead atoms. The number of β-amino-alcohol motifs (C(OH)–C–C–N with tert-alkyl or cyclic N) is 1. The van der Waals surface area contributed by atoms with Gasteiger partial charge in [0.05, 0.1) is 6.54 Å². The minimum absolute atomic E-state index is 0.0347. The number of carbonyl (C=O) groups excluding carboxylic acids is 3. The third-order valence-corrected chi connectivity index (χ3v) is 7.55. The van der Waals surface area contributed by atoms with Gasteiger partial charge in [-0.15, -0.1) is 0 Å². The molecule has 5 N–H and O–H groups in total. The lowest BCUT2D eigenvalue weighted by molar-refractivity contribution is -0.424. The number of ether oxygens (including phenoxy) is 4. The number of benzene rings is 2. The normalized spacial score (nSPS) is 16.2. The number of rotatable bonds is 14. The Bertz CT molecular complexity index is 1460. The van der Waals surface area contributed by atoms with Crippen molar-refractivity contribution in [2.24, 2.45) is 0 Å². The summed E-state index contributed by atoms with van der Waals surface area (Å²) in [4.78, 5) is 46.4. The highest BCUT2D eigenvalue weighted by atomic mass is 16.9. The lowest BCUT2D eigenvalue weighted by Gasteiger charge is -2.41. The van der Waals surface area contributed by atoms with Crippen molar-refractivity contribution in [3.8, 4) is 16.9 Å². The molecule has 3 aromatic rings. The van der Waals surface area contributed by atoms with E-state index in [0.29, 0.717) is 25.5 Å². The molecule has 5 rings (SSSR count). The Balaban J connectivity index is 1.36. The third kappa shape index (κ3) is 6.15. The SMILES string of the molecule is Nc1ncc(CN2CCc3cc(-c4ccc(OC(OC=O)(OC=O)C(O)(CN5CCCC5)OC=O)cc4)ccc32)c(N)n1. The lowest BCUT2D eigenvalue weighted by atomic mass is 10.0. The molecule has 0 radical (unpaired) electrons. The summed E-state index contributed by atoms with van der Waals surface area (Å²) in [5.41, 5.74) is 16.5. The number of likely N-dealkylation sites (tertiary alicyclic amines) is 1. The zero-order valence-corrected chi connectivity index (χ0v) is 23.3. The van der Waals surface area contributed by atoms with Crippen LogP contribution in [0.2, 0.25) is 0 Å². The van der Waals surface area contributed by atoms with E-state index in [0.717, 1.165) is 53.7 Å². The van der Waals surface area contributed by atoms with Crippen LogP contribution in [0.25, 0.3) is 11.1 Å². The van der Waals surface area contributed by atoms with E-state index in [1.807, 2.05) is 12.1 Å². The quantitative estimate of drug-likeness (QED) is 0.179. The van der Waals surface area contributed by atoms with Gasteiger partial charge in [0.25, 0.3) is 19.4 Å². The Kier molecular flexibility index (Phi) is 8.59. The van der Waals surface area contributed by atoms with Crippen LogP contribution in [0.4, 0.5) is 17.5 Å². The second kappa shape index (κ2) is 12.5. The molecule has 14 heteroatoms. The summed E-state index contributed by atoms with van der Waals surface area (Å²) in [7, 11) is 0. The van der Waals surface area contributed by atoms with Crippen molar-refractivity contribution in [3.05, 3.63) is 59.8 Å².